The number of aromatic nitrogens is 2. The number of hydrogen-bond donors (Lipinski definition) is 0. The van der Waals surface area contributed by atoms with Gasteiger partial charge < -0.3 is 4.74 Å². The molecule has 1 aliphatic carbocycles. The summed E-state index contributed by atoms with van der Waals surface area (Å²) in [5.74, 6) is 1.43. The smallest absolute Gasteiger partial charge is 0.0675 e. The van der Waals surface area contributed by atoms with Crippen molar-refractivity contribution in [3.05, 3.63) is 18.0 Å². The molecule has 0 spiro atoms. The van der Waals surface area contributed by atoms with E-state index in [0.717, 1.165) is 31.8 Å². The van der Waals surface area contributed by atoms with Crippen LogP contribution in [-0.4, -0.2) is 28.4 Å². The van der Waals surface area contributed by atoms with Crippen LogP contribution in [0.2, 0.25) is 0 Å². The molecule has 2 heterocycles. The first-order valence-corrected chi connectivity index (χ1v) is 8.43. The van der Waals surface area contributed by atoms with E-state index in [-0.39, 0.29) is 5.41 Å². The van der Waals surface area contributed by atoms with Crippen LogP contribution in [-0.2, 0) is 11.2 Å². The SMILES string of the molecule is CCC(C)n1ccc(CC2(CCl)CCOC2C2CC2)n1. The fourth-order valence-corrected chi connectivity index (χ4v) is 3.77. The van der Waals surface area contributed by atoms with E-state index in [1.807, 2.05) is 0 Å². The van der Waals surface area contributed by atoms with Crippen molar-refractivity contribution in [3.63, 3.8) is 0 Å². The molecule has 2 aliphatic rings. The second kappa shape index (κ2) is 5.69. The van der Waals surface area contributed by atoms with Gasteiger partial charge in [0.2, 0.25) is 0 Å². The largest absolute Gasteiger partial charge is 0.377 e. The van der Waals surface area contributed by atoms with Crippen molar-refractivity contribution in [3.8, 4) is 0 Å². The topological polar surface area (TPSA) is 27.1 Å². The molecule has 4 heteroatoms. The van der Waals surface area contributed by atoms with Gasteiger partial charge in [0.15, 0.2) is 0 Å². The number of halogens is 1. The number of ether oxygens (including phenoxy) is 1. The third kappa shape index (κ3) is 2.62. The van der Waals surface area contributed by atoms with Crippen LogP contribution in [0.3, 0.4) is 0 Å². The lowest BCUT2D eigenvalue weighted by Gasteiger charge is -2.31. The lowest BCUT2D eigenvalue weighted by Crippen LogP contribution is -2.36. The monoisotopic (exact) mass is 296 g/mol. The highest BCUT2D eigenvalue weighted by atomic mass is 35.5. The molecule has 0 bridgehead atoms. The van der Waals surface area contributed by atoms with Crippen molar-refractivity contribution in [1.29, 1.82) is 0 Å². The van der Waals surface area contributed by atoms with Crippen LogP contribution in [0, 0.1) is 11.3 Å². The molecule has 2 fully saturated rings. The van der Waals surface area contributed by atoms with E-state index in [2.05, 4.69) is 30.8 Å². The van der Waals surface area contributed by atoms with Crippen LogP contribution >= 0.6 is 11.6 Å². The molecule has 3 atom stereocenters. The first kappa shape index (κ1) is 14.4. The Bertz CT molecular complexity index is 457. The van der Waals surface area contributed by atoms with E-state index in [1.165, 1.54) is 18.5 Å². The highest BCUT2D eigenvalue weighted by Crippen LogP contribution is 2.49. The molecule has 1 aromatic rings. The van der Waals surface area contributed by atoms with E-state index in [4.69, 9.17) is 21.4 Å². The molecule has 3 unspecified atom stereocenters. The summed E-state index contributed by atoms with van der Waals surface area (Å²) < 4.78 is 8.09. The predicted octanol–water partition coefficient (Wildman–Crippen LogP) is 3.82. The van der Waals surface area contributed by atoms with Crippen molar-refractivity contribution >= 4 is 11.6 Å². The molecule has 1 saturated heterocycles. The fraction of sp³-hybridized carbons (Fsp3) is 0.812. The van der Waals surface area contributed by atoms with Crippen molar-refractivity contribution in [1.82, 2.24) is 9.78 Å². The van der Waals surface area contributed by atoms with Gasteiger partial charge in [0.1, 0.15) is 0 Å². The van der Waals surface area contributed by atoms with E-state index in [0.29, 0.717) is 18.0 Å². The average Bonchev–Trinajstić information content (AvgIpc) is 3.06. The van der Waals surface area contributed by atoms with Crippen molar-refractivity contribution < 1.29 is 4.74 Å². The van der Waals surface area contributed by atoms with E-state index < -0.39 is 0 Å². The lowest BCUT2D eigenvalue weighted by atomic mass is 9.77. The predicted molar refractivity (Wildman–Crippen MR) is 81.2 cm³/mol. The maximum Gasteiger partial charge on any atom is 0.0675 e. The molecule has 0 N–H and O–H groups in total. The fourth-order valence-electron chi connectivity index (χ4n) is 3.39. The molecule has 1 aromatic heterocycles. The Morgan fingerprint density at radius 3 is 3.00 bits per heavy atom. The molecule has 3 rings (SSSR count). The van der Waals surface area contributed by atoms with Gasteiger partial charge in [0.05, 0.1) is 11.8 Å². The summed E-state index contributed by atoms with van der Waals surface area (Å²) in [5.41, 5.74) is 1.28. The minimum absolute atomic E-state index is 0.108. The van der Waals surface area contributed by atoms with Crippen LogP contribution in [0.1, 0.15) is 51.3 Å². The van der Waals surface area contributed by atoms with Gasteiger partial charge in [-0.2, -0.15) is 5.10 Å². The summed E-state index contributed by atoms with van der Waals surface area (Å²) >= 11 is 6.36. The van der Waals surface area contributed by atoms with Gasteiger partial charge in [-0.25, -0.2) is 0 Å². The van der Waals surface area contributed by atoms with Crippen LogP contribution in [0.25, 0.3) is 0 Å². The van der Waals surface area contributed by atoms with Crippen LogP contribution in [0.5, 0.6) is 0 Å². The van der Waals surface area contributed by atoms with E-state index >= 15 is 0 Å². The number of rotatable bonds is 6. The molecule has 112 valence electrons. The Morgan fingerprint density at radius 1 is 1.55 bits per heavy atom. The highest BCUT2D eigenvalue weighted by molar-refractivity contribution is 6.18. The van der Waals surface area contributed by atoms with Crippen LogP contribution in [0.15, 0.2) is 12.3 Å². The number of nitrogens with zero attached hydrogens (tertiary/aromatic N) is 2. The quantitative estimate of drug-likeness (QED) is 0.746. The molecule has 0 amide bonds. The molecule has 20 heavy (non-hydrogen) atoms. The van der Waals surface area contributed by atoms with Gasteiger partial charge in [-0.3, -0.25) is 4.68 Å². The van der Waals surface area contributed by atoms with Gasteiger partial charge in [-0.1, -0.05) is 6.92 Å². The molecule has 1 saturated carbocycles. The zero-order chi connectivity index (χ0) is 14.2. The second-order valence-electron chi connectivity index (χ2n) is 6.60. The Kier molecular flexibility index (Phi) is 4.09. The summed E-state index contributed by atoms with van der Waals surface area (Å²) in [6.07, 6.45) is 8.22. The van der Waals surface area contributed by atoms with E-state index in [9.17, 15) is 0 Å². The van der Waals surface area contributed by atoms with Crippen LogP contribution < -0.4 is 0 Å². The van der Waals surface area contributed by atoms with Crippen molar-refractivity contribution in [2.75, 3.05) is 12.5 Å². The Morgan fingerprint density at radius 2 is 2.35 bits per heavy atom. The zero-order valence-electron chi connectivity index (χ0n) is 12.5. The third-order valence-corrected chi connectivity index (χ3v) is 5.59. The van der Waals surface area contributed by atoms with Gasteiger partial charge in [-0.15, -0.1) is 11.6 Å². The number of hydrogen-bond acceptors (Lipinski definition) is 2. The van der Waals surface area contributed by atoms with Crippen molar-refractivity contribution in [2.45, 2.75) is 58.1 Å². The first-order chi connectivity index (χ1) is 9.68. The third-order valence-electron chi connectivity index (χ3n) is 5.06. The van der Waals surface area contributed by atoms with Gasteiger partial charge in [-0.05, 0) is 44.6 Å². The molecule has 0 aromatic carbocycles. The Hall–Kier alpha value is -0.540. The zero-order valence-corrected chi connectivity index (χ0v) is 13.3. The summed E-state index contributed by atoms with van der Waals surface area (Å²) in [6.45, 7) is 5.26. The molecular formula is C16H25ClN2O. The summed E-state index contributed by atoms with van der Waals surface area (Å²) in [7, 11) is 0. The summed E-state index contributed by atoms with van der Waals surface area (Å²) in [6, 6.07) is 2.62. The summed E-state index contributed by atoms with van der Waals surface area (Å²) in [4.78, 5) is 0. The normalized spacial score (nSPS) is 31.6. The van der Waals surface area contributed by atoms with Crippen LogP contribution in [0.4, 0.5) is 0 Å². The maximum absolute atomic E-state index is 6.36. The minimum Gasteiger partial charge on any atom is -0.377 e. The summed E-state index contributed by atoms with van der Waals surface area (Å²) in [5, 5.41) is 4.75. The first-order valence-electron chi connectivity index (χ1n) is 7.90. The molecule has 1 aliphatic heterocycles. The number of alkyl halides is 1. The Labute approximate surface area is 126 Å². The van der Waals surface area contributed by atoms with Gasteiger partial charge in [0.25, 0.3) is 0 Å². The standard InChI is InChI=1S/C16H25ClN2O/c1-3-12(2)19-8-6-14(18-19)10-16(11-17)7-9-20-15(16)13-4-5-13/h6,8,12-13,15H,3-5,7,9-11H2,1-2H3. The van der Waals surface area contributed by atoms with Gasteiger partial charge in [0, 0.05) is 36.6 Å². The lowest BCUT2D eigenvalue weighted by molar-refractivity contribution is 0.0398. The maximum atomic E-state index is 6.36. The average molecular weight is 297 g/mol. The van der Waals surface area contributed by atoms with Gasteiger partial charge >= 0.3 is 0 Å². The van der Waals surface area contributed by atoms with E-state index in [1.54, 1.807) is 0 Å². The molecule has 3 nitrogen and oxygen atoms in total. The minimum atomic E-state index is 0.108. The van der Waals surface area contributed by atoms with Crippen molar-refractivity contribution in [2.24, 2.45) is 11.3 Å². The Balaban J connectivity index is 1.75. The molecular weight excluding hydrogens is 272 g/mol. The second-order valence-corrected chi connectivity index (χ2v) is 6.86. The molecule has 0 radical (unpaired) electrons. The highest BCUT2D eigenvalue weighted by Gasteiger charge is 2.50.